The molecule has 11 heteroatoms. The number of nitrogens with one attached hydrogen (secondary N) is 2. The van der Waals surface area contributed by atoms with Crippen LogP contribution in [-0.2, 0) is 16.0 Å². The highest BCUT2D eigenvalue weighted by Crippen LogP contribution is 2.34. The van der Waals surface area contributed by atoms with Gasteiger partial charge in [-0.2, -0.15) is 4.98 Å². The minimum Gasteiger partial charge on any atom is -0.462 e. The maximum atomic E-state index is 12.9. The van der Waals surface area contributed by atoms with Crippen molar-refractivity contribution in [1.82, 2.24) is 15.1 Å². The summed E-state index contributed by atoms with van der Waals surface area (Å²) in [5.41, 5.74) is 1.76. The summed E-state index contributed by atoms with van der Waals surface area (Å²) in [4.78, 5) is 47.0. The van der Waals surface area contributed by atoms with E-state index in [0.717, 1.165) is 11.3 Å². The number of thiophene rings is 1. The van der Waals surface area contributed by atoms with E-state index in [4.69, 9.17) is 9.26 Å². The lowest BCUT2D eigenvalue weighted by Crippen LogP contribution is -2.15. The molecule has 0 unspecified atom stereocenters. The Kier molecular flexibility index (Phi) is 7.81. The van der Waals surface area contributed by atoms with Gasteiger partial charge in [-0.05, 0) is 43.7 Å². The van der Waals surface area contributed by atoms with Gasteiger partial charge in [0, 0.05) is 24.7 Å². The van der Waals surface area contributed by atoms with Crippen molar-refractivity contribution in [1.29, 1.82) is 0 Å². The molecule has 0 bridgehead atoms. The minimum absolute atomic E-state index is 0.0224. The lowest BCUT2D eigenvalue weighted by molar-refractivity contribution is -0.116. The molecule has 184 valence electrons. The molecule has 0 saturated carbocycles. The van der Waals surface area contributed by atoms with E-state index in [9.17, 15) is 14.4 Å². The summed E-state index contributed by atoms with van der Waals surface area (Å²) in [6, 6.07) is 14.3. The van der Waals surface area contributed by atoms with E-state index in [1.54, 1.807) is 56.4 Å². The fourth-order valence-corrected chi connectivity index (χ4v) is 4.45. The van der Waals surface area contributed by atoms with Gasteiger partial charge >= 0.3 is 5.97 Å². The maximum absolute atomic E-state index is 12.9. The number of benzene rings is 1. The van der Waals surface area contributed by atoms with Crippen molar-refractivity contribution in [3.8, 4) is 11.5 Å². The first-order chi connectivity index (χ1) is 17.5. The first kappa shape index (κ1) is 24.7. The number of aromatic nitrogens is 3. The Bertz CT molecular complexity index is 1370. The number of nitrogens with zero attached hydrogens (tertiary/aromatic N) is 3. The third kappa shape index (κ3) is 5.81. The summed E-state index contributed by atoms with van der Waals surface area (Å²) in [7, 11) is 0. The number of rotatable bonds is 9. The van der Waals surface area contributed by atoms with Crippen LogP contribution >= 0.6 is 11.3 Å². The number of aryl methyl sites for hydroxylation is 1. The van der Waals surface area contributed by atoms with Crippen molar-refractivity contribution in [2.24, 2.45) is 0 Å². The van der Waals surface area contributed by atoms with Gasteiger partial charge in [0.15, 0.2) is 0 Å². The van der Waals surface area contributed by atoms with Crippen molar-refractivity contribution in [3.63, 3.8) is 0 Å². The van der Waals surface area contributed by atoms with Crippen molar-refractivity contribution in [2.45, 2.75) is 26.7 Å². The first-order valence-corrected chi connectivity index (χ1v) is 12.0. The number of hydrogen-bond donors (Lipinski definition) is 2. The van der Waals surface area contributed by atoms with Crippen LogP contribution in [0.1, 0.15) is 44.8 Å². The second-order valence-electron chi connectivity index (χ2n) is 7.58. The molecular weight excluding hydrogens is 482 g/mol. The standard InChI is InChI=1S/C25H23N5O5S/c1-3-34-25(33)20-15(2)21(23(32)27-16-9-5-4-6-10-16)36-24(20)28-18(31)12-13-19-29-22(30-35-19)17-11-7-8-14-26-17/h4-11,14H,3,12-13H2,1-2H3,(H,27,32)(H,28,31). The molecule has 4 rings (SSSR count). The zero-order valence-electron chi connectivity index (χ0n) is 19.6. The van der Waals surface area contributed by atoms with Crippen LogP contribution in [0.4, 0.5) is 10.7 Å². The van der Waals surface area contributed by atoms with E-state index in [1.165, 1.54) is 0 Å². The topological polar surface area (TPSA) is 136 Å². The summed E-state index contributed by atoms with van der Waals surface area (Å²) in [6.07, 6.45) is 1.83. The van der Waals surface area contributed by atoms with Gasteiger partial charge in [-0.25, -0.2) is 4.79 Å². The number of pyridine rings is 1. The molecule has 0 fully saturated rings. The van der Waals surface area contributed by atoms with Crippen LogP contribution in [0.3, 0.4) is 0 Å². The molecule has 2 amide bonds. The van der Waals surface area contributed by atoms with Gasteiger partial charge in [0.2, 0.25) is 17.6 Å². The van der Waals surface area contributed by atoms with Gasteiger partial charge in [0.05, 0.1) is 17.0 Å². The van der Waals surface area contributed by atoms with E-state index in [-0.39, 0.29) is 47.7 Å². The SMILES string of the molecule is CCOC(=O)c1c(NC(=O)CCc2nc(-c3ccccn3)no2)sc(C(=O)Nc2ccccc2)c1C. The Balaban J connectivity index is 1.47. The summed E-state index contributed by atoms with van der Waals surface area (Å²) in [5, 5.41) is 9.67. The Morgan fingerprint density at radius 2 is 1.83 bits per heavy atom. The third-order valence-electron chi connectivity index (χ3n) is 5.05. The molecular formula is C25H23N5O5S. The van der Waals surface area contributed by atoms with Gasteiger partial charge in [-0.1, -0.05) is 29.4 Å². The van der Waals surface area contributed by atoms with Crippen LogP contribution in [0, 0.1) is 6.92 Å². The molecule has 0 aliphatic rings. The summed E-state index contributed by atoms with van der Waals surface area (Å²) in [6.45, 7) is 3.49. The Hall–Kier alpha value is -4.38. The van der Waals surface area contributed by atoms with Crippen molar-refractivity contribution in [2.75, 3.05) is 17.2 Å². The van der Waals surface area contributed by atoms with Crippen LogP contribution in [0.15, 0.2) is 59.3 Å². The largest absolute Gasteiger partial charge is 0.462 e. The molecule has 0 radical (unpaired) electrons. The van der Waals surface area contributed by atoms with Crippen LogP contribution in [0.2, 0.25) is 0 Å². The molecule has 0 aliphatic carbocycles. The summed E-state index contributed by atoms with van der Waals surface area (Å²) in [5.74, 6) is -0.769. The van der Waals surface area contributed by atoms with Gasteiger partial charge in [0.1, 0.15) is 10.7 Å². The van der Waals surface area contributed by atoms with Gasteiger partial charge in [-0.3, -0.25) is 14.6 Å². The molecule has 1 aromatic carbocycles. The Morgan fingerprint density at radius 3 is 2.56 bits per heavy atom. The molecule has 3 heterocycles. The van der Waals surface area contributed by atoms with Crippen LogP contribution in [0.25, 0.3) is 11.5 Å². The Morgan fingerprint density at radius 1 is 1.06 bits per heavy atom. The first-order valence-electron chi connectivity index (χ1n) is 11.2. The number of carbonyl (C=O) groups is 3. The average Bonchev–Trinajstić information content (AvgIpc) is 3.48. The Labute approximate surface area is 210 Å². The number of amides is 2. The second kappa shape index (κ2) is 11.4. The van der Waals surface area contributed by atoms with Crippen molar-refractivity contribution >= 4 is 39.8 Å². The van der Waals surface area contributed by atoms with Gasteiger partial charge in [-0.15, -0.1) is 11.3 Å². The minimum atomic E-state index is -0.614. The fraction of sp³-hybridized carbons (Fsp3) is 0.200. The number of hydrogen-bond acceptors (Lipinski definition) is 9. The average molecular weight is 506 g/mol. The van der Waals surface area contributed by atoms with Crippen molar-refractivity contribution < 1.29 is 23.6 Å². The highest BCUT2D eigenvalue weighted by molar-refractivity contribution is 7.18. The molecule has 0 saturated heterocycles. The molecule has 0 atom stereocenters. The number of anilines is 2. The highest BCUT2D eigenvalue weighted by Gasteiger charge is 2.27. The zero-order chi connectivity index (χ0) is 25.5. The highest BCUT2D eigenvalue weighted by atomic mass is 32.1. The second-order valence-corrected chi connectivity index (χ2v) is 8.60. The monoisotopic (exact) mass is 505 g/mol. The summed E-state index contributed by atoms with van der Waals surface area (Å²) < 4.78 is 10.4. The fourth-order valence-electron chi connectivity index (χ4n) is 3.34. The molecule has 3 aromatic heterocycles. The molecule has 10 nitrogen and oxygen atoms in total. The molecule has 36 heavy (non-hydrogen) atoms. The molecule has 0 aliphatic heterocycles. The van der Waals surface area contributed by atoms with E-state index >= 15 is 0 Å². The van der Waals surface area contributed by atoms with Crippen LogP contribution < -0.4 is 10.6 Å². The normalized spacial score (nSPS) is 10.6. The maximum Gasteiger partial charge on any atom is 0.341 e. The van der Waals surface area contributed by atoms with E-state index < -0.39 is 5.97 Å². The quantitative estimate of drug-likeness (QED) is 0.317. The van der Waals surface area contributed by atoms with E-state index in [2.05, 4.69) is 25.8 Å². The lowest BCUT2D eigenvalue weighted by atomic mass is 10.1. The van der Waals surface area contributed by atoms with E-state index in [0.29, 0.717) is 27.6 Å². The van der Waals surface area contributed by atoms with Crippen molar-refractivity contribution in [3.05, 3.63) is 76.6 Å². The number of esters is 1. The van der Waals surface area contributed by atoms with Gasteiger partial charge in [0.25, 0.3) is 5.91 Å². The number of para-hydroxylation sites is 1. The molecule has 2 N–H and O–H groups in total. The zero-order valence-corrected chi connectivity index (χ0v) is 20.4. The lowest BCUT2D eigenvalue weighted by Gasteiger charge is -2.06. The summed E-state index contributed by atoms with van der Waals surface area (Å²) >= 11 is 1.01. The number of ether oxygens (including phenoxy) is 1. The predicted molar refractivity (Wildman–Crippen MR) is 134 cm³/mol. The smallest absolute Gasteiger partial charge is 0.341 e. The third-order valence-corrected chi connectivity index (χ3v) is 6.25. The molecule has 4 aromatic rings. The number of carbonyl (C=O) groups excluding carboxylic acids is 3. The van der Waals surface area contributed by atoms with Crippen LogP contribution in [0.5, 0.6) is 0 Å². The molecule has 0 spiro atoms. The predicted octanol–water partition coefficient (Wildman–Crippen LogP) is 4.50. The van der Waals surface area contributed by atoms with Crippen LogP contribution in [-0.4, -0.2) is 39.5 Å². The van der Waals surface area contributed by atoms with Gasteiger partial charge < -0.3 is 19.9 Å². The van der Waals surface area contributed by atoms with E-state index in [1.807, 2.05) is 12.1 Å².